The Morgan fingerprint density at radius 1 is 0.974 bits per heavy atom. The highest BCUT2D eigenvalue weighted by atomic mass is 32.1. The highest BCUT2D eigenvalue weighted by molar-refractivity contribution is 7.19. The van der Waals surface area contributed by atoms with E-state index in [0.29, 0.717) is 25.9 Å². The fraction of sp³-hybridized carbons (Fsp3) is 0.300. The van der Waals surface area contributed by atoms with Gasteiger partial charge in [0, 0.05) is 54.2 Å². The Morgan fingerprint density at radius 2 is 1.66 bits per heavy atom. The van der Waals surface area contributed by atoms with Crippen molar-refractivity contribution in [1.82, 2.24) is 9.80 Å². The first kappa shape index (κ1) is 26.3. The van der Waals surface area contributed by atoms with Crippen LogP contribution in [0.2, 0.25) is 0 Å². The summed E-state index contributed by atoms with van der Waals surface area (Å²) < 4.78 is 45.8. The van der Waals surface area contributed by atoms with Crippen molar-refractivity contribution in [2.45, 2.75) is 38.2 Å². The van der Waals surface area contributed by atoms with Gasteiger partial charge in [-0.2, -0.15) is 13.2 Å². The van der Waals surface area contributed by atoms with Crippen LogP contribution < -0.4 is 4.74 Å². The number of rotatable bonds is 7. The maximum Gasteiger partial charge on any atom is 0.416 e. The molecule has 0 radical (unpaired) electrons. The smallest absolute Gasteiger partial charge is 0.416 e. The number of piperidine rings is 1. The second-order valence-corrected chi connectivity index (χ2v) is 10.9. The summed E-state index contributed by atoms with van der Waals surface area (Å²) >= 11 is 1.83. The summed E-state index contributed by atoms with van der Waals surface area (Å²) in [5.74, 6) is 0.551. The third kappa shape index (κ3) is 6.37. The molecule has 1 fully saturated rings. The van der Waals surface area contributed by atoms with Gasteiger partial charge in [-0.3, -0.25) is 9.69 Å². The second kappa shape index (κ2) is 11.2. The minimum atomic E-state index is -4.41. The van der Waals surface area contributed by atoms with Gasteiger partial charge in [-0.1, -0.05) is 30.3 Å². The SMILES string of the molecule is CN(Cc1ccc(OC2CCN(C(=O)c3ccc(C(F)(F)F)cc3)CC2)cc1)Cc1cc2ccccc2s1. The molecule has 0 atom stereocenters. The van der Waals surface area contributed by atoms with Crippen LogP contribution in [0.25, 0.3) is 10.1 Å². The Kier molecular flexibility index (Phi) is 7.72. The molecule has 0 spiro atoms. The van der Waals surface area contributed by atoms with Gasteiger partial charge in [0.1, 0.15) is 11.9 Å². The van der Waals surface area contributed by atoms with E-state index in [1.54, 1.807) is 4.90 Å². The van der Waals surface area contributed by atoms with E-state index in [4.69, 9.17) is 4.74 Å². The molecule has 3 aromatic carbocycles. The van der Waals surface area contributed by atoms with Crippen molar-refractivity contribution in [1.29, 1.82) is 0 Å². The van der Waals surface area contributed by atoms with Crippen molar-refractivity contribution in [2.75, 3.05) is 20.1 Å². The molecular weight excluding hydrogens is 509 g/mol. The number of hydrogen-bond acceptors (Lipinski definition) is 4. The minimum Gasteiger partial charge on any atom is -0.490 e. The summed E-state index contributed by atoms with van der Waals surface area (Å²) in [6, 6.07) is 23.2. The number of halogens is 3. The molecule has 0 saturated carbocycles. The van der Waals surface area contributed by atoms with E-state index in [9.17, 15) is 18.0 Å². The first-order chi connectivity index (χ1) is 18.2. The molecule has 1 amide bonds. The highest BCUT2D eigenvalue weighted by Gasteiger charge is 2.31. The first-order valence-electron chi connectivity index (χ1n) is 12.6. The zero-order valence-electron chi connectivity index (χ0n) is 21.1. The molecule has 5 rings (SSSR count). The average molecular weight is 539 g/mol. The fourth-order valence-corrected chi connectivity index (χ4v) is 5.92. The maximum atomic E-state index is 12.8. The zero-order chi connectivity index (χ0) is 26.7. The largest absolute Gasteiger partial charge is 0.490 e. The van der Waals surface area contributed by atoms with Crippen molar-refractivity contribution in [2.24, 2.45) is 0 Å². The molecule has 8 heteroatoms. The van der Waals surface area contributed by atoms with Crippen molar-refractivity contribution < 1.29 is 22.7 Å². The summed E-state index contributed by atoms with van der Waals surface area (Å²) in [4.78, 5) is 18.0. The molecule has 1 aromatic heterocycles. The number of ether oxygens (including phenoxy) is 1. The van der Waals surface area contributed by atoms with Crippen molar-refractivity contribution in [3.63, 3.8) is 0 Å². The average Bonchev–Trinajstić information content (AvgIpc) is 3.31. The van der Waals surface area contributed by atoms with Crippen LogP contribution in [0.5, 0.6) is 5.75 Å². The van der Waals surface area contributed by atoms with Crippen LogP contribution >= 0.6 is 11.3 Å². The molecular formula is C30H29F3N2O2S. The summed E-state index contributed by atoms with van der Waals surface area (Å²) in [6.07, 6.45) is -3.07. The third-order valence-electron chi connectivity index (χ3n) is 6.77. The quantitative estimate of drug-likeness (QED) is 0.249. The van der Waals surface area contributed by atoms with Crippen LogP contribution in [0.1, 0.15) is 39.2 Å². The predicted octanol–water partition coefficient (Wildman–Crippen LogP) is 7.24. The van der Waals surface area contributed by atoms with Gasteiger partial charge in [0.15, 0.2) is 0 Å². The molecule has 0 bridgehead atoms. The molecule has 0 N–H and O–H groups in total. The molecule has 1 aliphatic rings. The molecule has 4 nitrogen and oxygen atoms in total. The normalized spacial score (nSPS) is 14.8. The van der Waals surface area contributed by atoms with Crippen LogP contribution in [-0.2, 0) is 19.3 Å². The van der Waals surface area contributed by atoms with Gasteiger partial charge < -0.3 is 9.64 Å². The van der Waals surface area contributed by atoms with Gasteiger partial charge in [0.2, 0.25) is 0 Å². The number of carbonyl (C=O) groups is 1. The number of nitrogens with zero attached hydrogens (tertiary/aromatic N) is 2. The molecule has 198 valence electrons. The van der Waals surface area contributed by atoms with Gasteiger partial charge in [-0.15, -0.1) is 11.3 Å². The number of hydrogen-bond donors (Lipinski definition) is 0. The summed E-state index contributed by atoms with van der Waals surface area (Å²) in [5, 5.41) is 1.29. The Labute approximate surface area is 224 Å². The fourth-order valence-electron chi connectivity index (χ4n) is 4.78. The standard InChI is InChI=1S/C30H29F3N2O2S/c1-34(20-27-18-23-4-2-3-5-28(23)38-27)19-21-6-12-25(13-7-21)37-26-14-16-35(17-15-26)29(36)22-8-10-24(11-9-22)30(31,32)33/h2-13,18,26H,14-17,19-20H2,1H3. The van der Waals surface area contributed by atoms with Crippen molar-refractivity contribution >= 4 is 27.3 Å². The molecule has 1 saturated heterocycles. The van der Waals surface area contributed by atoms with Crippen molar-refractivity contribution in [3.05, 3.63) is 100 Å². The van der Waals surface area contributed by atoms with Gasteiger partial charge in [0.25, 0.3) is 5.91 Å². The number of likely N-dealkylation sites (tertiary alicyclic amines) is 1. The lowest BCUT2D eigenvalue weighted by molar-refractivity contribution is -0.137. The van der Waals surface area contributed by atoms with Crippen LogP contribution in [0.4, 0.5) is 13.2 Å². The zero-order valence-corrected chi connectivity index (χ0v) is 21.9. The van der Waals surface area contributed by atoms with E-state index >= 15 is 0 Å². The predicted molar refractivity (Wildman–Crippen MR) is 144 cm³/mol. The van der Waals surface area contributed by atoms with E-state index in [-0.39, 0.29) is 17.6 Å². The number of alkyl halides is 3. The van der Waals surface area contributed by atoms with E-state index in [1.165, 1.54) is 32.7 Å². The van der Waals surface area contributed by atoms with Crippen LogP contribution in [0.3, 0.4) is 0 Å². The minimum absolute atomic E-state index is 0.00635. The van der Waals surface area contributed by atoms with Gasteiger partial charge in [0.05, 0.1) is 5.56 Å². The first-order valence-corrected chi connectivity index (χ1v) is 13.4. The summed E-state index contributed by atoms with van der Waals surface area (Å²) in [6.45, 7) is 2.73. The maximum absolute atomic E-state index is 12.8. The second-order valence-electron chi connectivity index (χ2n) is 9.75. The molecule has 0 unspecified atom stereocenters. The van der Waals surface area contributed by atoms with Crippen LogP contribution in [0.15, 0.2) is 78.9 Å². The monoisotopic (exact) mass is 538 g/mol. The topological polar surface area (TPSA) is 32.8 Å². The lowest BCUT2D eigenvalue weighted by Gasteiger charge is -2.32. The Balaban J connectivity index is 1.08. The van der Waals surface area contributed by atoms with Gasteiger partial charge in [-0.05, 0) is 66.5 Å². The number of fused-ring (bicyclic) bond motifs is 1. The molecule has 4 aromatic rings. The lowest BCUT2D eigenvalue weighted by Crippen LogP contribution is -2.41. The van der Waals surface area contributed by atoms with Crippen molar-refractivity contribution in [3.8, 4) is 5.75 Å². The summed E-state index contributed by atoms with van der Waals surface area (Å²) in [7, 11) is 2.12. The number of thiophene rings is 1. The lowest BCUT2D eigenvalue weighted by atomic mass is 10.1. The van der Waals surface area contributed by atoms with E-state index in [2.05, 4.69) is 54.4 Å². The Bertz CT molecular complexity index is 1340. The third-order valence-corrected chi connectivity index (χ3v) is 7.87. The Hall–Kier alpha value is -3.36. The molecule has 38 heavy (non-hydrogen) atoms. The van der Waals surface area contributed by atoms with E-state index in [1.807, 2.05) is 23.5 Å². The number of carbonyl (C=O) groups excluding carboxylic acids is 1. The molecule has 2 heterocycles. The van der Waals surface area contributed by atoms with Crippen LogP contribution in [-0.4, -0.2) is 41.9 Å². The number of benzene rings is 3. The molecule has 0 aliphatic carbocycles. The number of amides is 1. The van der Waals surface area contributed by atoms with E-state index in [0.717, 1.165) is 31.0 Å². The van der Waals surface area contributed by atoms with Gasteiger partial charge in [-0.25, -0.2) is 0 Å². The van der Waals surface area contributed by atoms with Gasteiger partial charge >= 0.3 is 6.18 Å². The molecule has 1 aliphatic heterocycles. The highest BCUT2D eigenvalue weighted by Crippen LogP contribution is 2.30. The summed E-state index contributed by atoms with van der Waals surface area (Å²) in [5.41, 5.74) is 0.721. The van der Waals surface area contributed by atoms with Crippen LogP contribution in [0, 0.1) is 0 Å². The Morgan fingerprint density at radius 3 is 2.32 bits per heavy atom. The van der Waals surface area contributed by atoms with E-state index < -0.39 is 11.7 Å².